The number of hydrogen-bond acceptors (Lipinski definition) is 6. The summed E-state index contributed by atoms with van der Waals surface area (Å²) in [5.41, 5.74) is 1.96. The molecule has 2 N–H and O–H groups in total. The summed E-state index contributed by atoms with van der Waals surface area (Å²) in [4.78, 5) is 20.2. The highest BCUT2D eigenvalue weighted by Crippen LogP contribution is 2.20. The first-order chi connectivity index (χ1) is 12.1. The molecule has 0 saturated carbocycles. The number of halogens is 1. The molecule has 0 radical (unpaired) electrons. The van der Waals surface area contributed by atoms with Gasteiger partial charge in [0.1, 0.15) is 5.82 Å². The summed E-state index contributed by atoms with van der Waals surface area (Å²) < 4.78 is 4.72. The van der Waals surface area contributed by atoms with Crippen molar-refractivity contribution in [3.8, 4) is 0 Å². The van der Waals surface area contributed by atoms with Crippen LogP contribution in [-0.4, -0.2) is 23.0 Å². The van der Waals surface area contributed by atoms with E-state index in [9.17, 15) is 4.79 Å². The number of esters is 1. The Morgan fingerprint density at radius 2 is 1.80 bits per heavy atom. The number of hydrogen-bond donors (Lipinski definition) is 2. The lowest BCUT2D eigenvalue weighted by molar-refractivity contribution is 0.0601. The van der Waals surface area contributed by atoms with Crippen molar-refractivity contribution in [2.75, 3.05) is 17.7 Å². The molecule has 0 spiro atoms. The third kappa shape index (κ3) is 4.45. The first kappa shape index (κ1) is 16.7. The lowest BCUT2D eigenvalue weighted by Crippen LogP contribution is -2.03. The topological polar surface area (TPSA) is 76.1 Å². The number of nitrogens with one attached hydrogen (secondary N) is 2. The number of ether oxygens (including phenoxy) is 1. The van der Waals surface area contributed by atoms with Gasteiger partial charge in [-0.3, -0.25) is 0 Å². The number of methoxy groups -OCH3 is 1. The van der Waals surface area contributed by atoms with Crippen molar-refractivity contribution in [1.82, 2.24) is 9.97 Å². The maximum atomic E-state index is 11.6. The van der Waals surface area contributed by atoms with Crippen LogP contribution in [0.1, 0.15) is 10.4 Å². The Balaban J connectivity index is 1.77. The van der Waals surface area contributed by atoms with Crippen molar-refractivity contribution in [2.24, 2.45) is 0 Å². The van der Waals surface area contributed by atoms with Gasteiger partial charge in [0, 0.05) is 22.6 Å². The molecule has 0 aliphatic carbocycles. The molecule has 25 heavy (non-hydrogen) atoms. The minimum Gasteiger partial charge on any atom is -0.465 e. The molecule has 6 nitrogen and oxygen atoms in total. The summed E-state index contributed by atoms with van der Waals surface area (Å²) in [6, 6.07) is 16.0. The molecule has 1 heterocycles. The minimum absolute atomic E-state index is 0.394. The highest BCUT2D eigenvalue weighted by molar-refractivity contribution is 6.30. The molecule has 1 aromatic heterocycles. The van der Waals surface area contributed by atoms with E-state index in [1.54, 1.807) is 42.6 Å². The molecule has 0 aliphatic heterocycles. The molecule has 0 bridgehead atoms. The molecule has 0 atom stereocenters. The van der Waals surface area contributed by atoms with E-state index in [1.807, 2.05) is 18.2 Å². The number of benzene rings is 2. The second kappa shape index (κ2) is 7.63. The van der Waals surface area contributed by atoms with Crippen molar-refractivity contribution in [3.63, 3.8) is 0 Å². The SMILES string of the molecule is COC(=O)c1cccc(Nc2ccnc(Nc3cccc(Cl)c3)n2)c1. The lowest BCUT2D eigenvalue weighted by Gasteiger charge is -2.09. The standard InChI is InChI=1S/C18H15ClN4O2/c1-25-17(24)12-4-2-6-14(10-12)21-16-8-9-20-18(23-16)22-15-7-3-5-13(19)11-15/h2-11H,1H3,(H2,20,21,22,23). The quantitative estimate of drug-likeness (QED) is 0.661. The van der Waals surface area contributed by atoms with Crippen molar-refractivity contribution in [3.05, 3.63) is 71.4 Å². The Hall–Kier alpha value is -3.12. The monoisotopic (exact) mass is 354 g/mol. The first-order valence-electron chi connectivity index (χ1n) is 7.45. The van der Waals surface area contributed by atoms with Gasteiger partial charge in [-0.15, -0.1) is 0 Å². The summed E-state index contributed by atoms with van der Waals surface area (Å²) in [6.45, 7) is 0. The summed E-state index contributed by atoms with van der Waals surface area (Å²) in [7, 11) is 1.35. The van der Waals surface area contributed by atoms with Crippen LogP contribution < -0.4 is 10.6 Å². The van der Waals surface area contributed by atoms with E-state index >= 15 is 0 Å². The van der Waals surface area contributed by atoms with Gasteiger partial charge in [0.15, 0.2) is 0 Å². The fraction of sp³-hybridized carbons (Fsp3) is 0.0556. The molecule has 7 heteroatoms. The Bertz CT molecular complexity index is 902. The third-order valence-corrected chi connectivity index (χ3v) is 3.53. The molecular formula is C18H15ClN4O2. The third-order valence-electron chi connectivity index (χ3n) is 3.29. The van der Waals surface area contributed by atoms with Gasteiger partial charge in [-0.25, -0.2) is 9.78 Å². The largest absolute Gasteiger partial charge is 0.465 e. The van der Waals surface area contributed by atoms with Crippen molar-refractivity contribution >= 4 is 40.7 Å². The second-order valence-electron chi connectivity index (χ2n) is 5.10. The van der Waals surface area contributed by atoms with Crippen LogP contribution >= 0.6 is 11.6 Å². The Morgan fingerprint density at radius 3 is 2.56 bits per heavy atom. The van der Waals surface area contributed by atoms with E-state index in [2.05, 4.69) is 20.6 Å². The number of aromatic nitrogens is 2. The van der Waals surface area contributed by atoms with Crippen molar-refractivity contribution in [1.29, 1.82) is 0 Å². The van der Waals surface area contributed by atoms with Crippen LogP contribution in [0.5, 0.6) is 0 Å². The zero-order chi connectivity index (χ0) is 17.6. The molecular weight excluding hydrogens is 340 g/mol. The Kier molecular flexibility index (Phi) is 5.11. The van der Waals surface area contributed by atoms with E-state index in [1.165, 1.54) is 7.11 Å². The average molecular weight is 355 g/mol. The molecule has 3 aromatic rings. The molecule has 0 saturated heterocycles. The number of carbonyl (C=O) groups is 1. The first-order valence-corrected chi connectivity index (χ1v) is 7.83. The molecule has 0 amide bonds. The van der Waals surface area contributed by atoms with Crippen LogP contribution in [0, 0.1) is 0 Å². The van der Waals surface area contributed by atoms with Gasteiger partial charge in [0.05, 0.1) is 12.7 Å². The van der Waals surface area contributed by atoms with Crippen LogP contribution in [0.25, 0.3) is 0 Å². The number of carbonyl (C=O) groups excluding carboxylic acids is 1. The maximum absolute atomic E-state index is 11.6. The van der Waals surface area contributed by atoms with Gasteiger partial charge in [-0.2, -0.15) is 4.98 Å². The number of rotatable bonds is 5. The Morgan fingerprint density at radius 1 is 1.04 bits per heavy atom. The average Bonchev–Trinajstić information content (AvgIpc) is 2.61. The van der Waals surface area contributed by atoms with E-state index in [4.69, 9.17) is 16.3 Å². The summed E-state index contributed by atoms with van der Waals surface area (Å²) >= 11 is 5.97. The normalized spacial score (nSPS) is 10.2. The molecule has 3 rings (SSSR count). The van der Waals surface area contributed by atoms with Crippen LogP contribution in [0.3, 0.4) is 0 Å². The van der Waals surface area contributed by atoms with Crippen molar-refractivity contribution < 1.29 is 9.53 Å². The molecule has 0 unspecified atom stereocenters. The summed E-state index contributed by atoms with van der Waals surface area (Å²) in [5, 5.41) is 6.85. The van der Waals surface area contributed by atoms with Crippen LogP contribution in [0.2, 0.25) is 5.02 Å². The van der Waals surface area contributed by atoms with Crippen LogP contribution in [0.15, 0.2) is 60.8 Å². The summed E-state index contributed by atoms with van der Waals surface area (Å²) in [5.74, 6) is 0.618. The van der Waals surface area contributed by atoms with E-state index in [0.29, 0.717) is 22.4 Å². The lowest BCUT2D eigenvalue weighted by atomic mass is 10.2. The van der Waals surface area contributed by atoms with Crippen LogP contribution in [-0.2, 0) is 4.74 Å². The molecule has 126 valence electrons. The van der Waals surface area contributed by atoms with Gasteiger partial charge in [-0.05, 0) is 42.5 Å². The fourth-order valence-corrected chi connectivity index (χ4v) is 2.36. The van der Waals surface area contributed by atoms with E-state index in [-0.39, 0.29) is 0 Å². The minimum atomic E-state index is -0.394. The van der Waals surface area contributed by atoms with E-state index < -0.39 is 5.97 Å². The fourth-order valence-electron chi connectivity index (χ4n) is 2.17. The van der Waals surface area contributed by atoms with Crippen molar-refractivity contribution in [2.45, 2.75) is 0 Å². The molecule has 0 aliphatic rings. The van der Waals surface area contributed by atoms with Crippen LogP contribution in [0.4, 0.5) is 23.1 Å². The number of anilines is 4. The number of nitrogens with zero attached hydrogens (tertiary/aromatic N) is 2. The zero-order valence-electron chi connectivity index (χ0n) is 13.4. The van der Waals surface area contributed by atoms with Gasteiger partial charge >= 0.3 is 5.97 Å². The van der Waals surface area contributed by atoms with Gasteiger partial charge in [-0.1, -0.05) is 23.7 Å². The highest BCUT2D eigenvalue weighted by Gasteiger charge is 2.06. The molecule has 0 fully saturated rings. The smallest absolute Gasteiger partial charge is 0.337 e. The highest BCUT2D eigenvalue weighted by atomic mass is 35.5. The second-order valence-corrected chi connectivity index (χ2v) is 5.53. The Labute approximate surface area is 149 Å². The maximum Gasteiger partial charge on any atom is 0.337 e. The predicted molar refractivity (Wildman–Crippen MR) is 97.8 cm³/mol. The van der Waals surface area contributed by atoms with E-state index in [0.717, 1.165) is 11.4 Å². The van der Waals surface area contributed by atoms with Gasteiger partial charge in [0.2, 0.25) is 5.95 Å². The van der Waals surface area contributed by atoms with Gasteiger partial charge in [0.25, 0.3) is 0 Å². The predicted octanol–water partition coefficient (Wildman–Crippen LogP) is 4.40. The zero-order valence-corrected chi connectivity index (χ0v) is 14.1. The molecule has 2 aromatic carbocycles. The van der Waals surface area contributed by atoms with Gasteiger partial charge < -0.3 is 15.4 Å². The summed E-state index contributed by atoms with van der Waals surface area (Å²) in [6.07, 6.45) is 1.63.